The molecule has 1 aliphatic rings. The zero-order valence-electron chi connectivity index (χ0n) is 17.9. The molecule has 30 heavy (non-hydrogen) atoms. The van der Waals surface area contributed by atoms with Crippen molar-refractivity contribution in [2.75, 3.05) is 25.5 Å². The van der Waals surface area contributed by atoms with E-state index in [4.69, 9.17) is 4.74 Å². The van der Waals surface area contributed by atoms with Gasteiger partial charge in [0, 0.05) is 48.4 Å². The number of ether oxygens (including phenoxy) is 1. The molecule has 2 aromatic rings. The molecule has 2 heterocycles. The van der Waals surface area contributed by atoms with E-state index < -0.39 is 0 Å². The average Bonchev–Trinajstić information content (AvgIpc) is 2.71. The van der Waals surface area contributed by atoms with Crippen LogP contribution in [0.4, 0.5) is 5.69 Å². The van der Waals surface area contributed by atoms with Crippen molar-refractivity contribution in [1.29, 1.82) is 0 Å². The van der Waals surface area contributed by atoms with Crippen LogP contribution in [0.1, 0.15) is 41.6 Å². The van der Waals surface area contributed by atoms with Gasteiger partial charge in [0.1, 0.15) is 5.75 Å². The maximum atomic E-state index is 12.0. The van der Waals surface area contributed by atoms with Crippen LogP contribution in [0.2, 0.25) is 0 Å². The van der Waals surface area contributed by atoms with Gasteiger partial charge in [0.15, 0.2) is 5.96 Å². The molecule has 1 aromatic heterocycles. The van der Waals surface area contributed by atoms with E-state index in [-0.39, 0.29) is 35.8 Å². The van der Waals surface area contributed by atoms with Gasteiger partial charge in [-0.05, 0) is 32.4 Å². The van der Waals surface area contributed by atoms with Crippen molar-refractivity contribution >= 4 is 41.5 Å². The Kier molecular flexibility index (Phi) is 8.88. The molecule has 3 N–H and O–H groups in total. The molecule has 8 heteroatoms. The summed E-state index contributed by atoms with van der Waals surface area (Å²) < 4.78 is 5.48. The minimum absolute atomic E-state index is 0. The molecular formula is C22H30IN5O2. The Labute approximate surface area is 195 Å². The monoisotopic (exact) mass is 523 g/mol. The summed E-state index contributed by atoms with van der Waals surface area (Å²) in [7, 11) is 1.67. The van der Waals surface area contributed by atoms with Crippen LogP contribution in [0, 0.1) is 13.8 Å². The first-order valence-electron chi connectivity index (χ1n) is 9.93. The molecule has 1 aromatic carbocycles. The lowest BCUT2D eigenvalue weighted by atomic mass is 9.90. The summed E-state index contributed by atoms with van der Waals surface area (Å²) in [5, 5.41) is 9.59. The first-order valence-corrected chi connectivity index (χ1v) is 9.93. The third-order valence-electron chi connectivity index (χ3n) is 5.10. The highest BCUT2D eigenvalue weighted by Crippen LogP contribution is 2.31. The van der Waals surface area contributed by atoms with Gasteiger partial charge >= 0.3 is 0 Å². The van der Waals surface area contributed by atoms with E-state index in [0.717, 1.165) is 40.4 Å². The van der Waals surface area contributed by atoms with Gasteiger partial charge in [0.05, 0.1) is 19.3 Å². The number of para-hydroxylation sites is 1. The largest absolute Gasteiger partial charge is 0.496 e. The van der Waals surface area contributed by atoms with E-state index >= 15 is 0 Å². The molecule has 7 nitrogen and oxygen atoms in total. The molecule has 0 saturated carbocycles. The standard InChI is InChI=1S/C22H29N5O2.HI/c1-5-23-22(26-13-19-15(3)21(29-4)14(2)11-24-19)25-12-16-10-20(28)27-18-9-7-6-8-17(16)18;/h6-9,11,16H,5,10,12-13H2,1-4H3,(H,27,28)(H2,23,25,26);1H. The molecule has 0 radical (unpaired) electrons. The smallest absolute Gasteiger partial charge is 0.225 e. The van der Waals surface area contributed by atoms with Crippen molar-refractivity contribution in [1.82, 2.24) is 15.6 Å². The highest BCUT2D eigenvalue weighted by molar-refractivity contribution is 14.0. The van der Waals surface area contributed by atoms with Gasteiger partial charge in [-0.3, -0.25) is 9.78 Å². The number of aryl methyl sites for hydroxylation is 1. The first-order chi connectivity index (χ1) is 14.0. The fraction of sp³-hybridized carbons (Fsp3) is 0.409. The van der Waals surface area contributed by atoms with Crippen molar-refractivity contribution in [3.05, 3.63) is 52.8 Å². The third-order valence-corrected chi connectivity index (χ3v) is 5.10. The molecule has 1 unspecified atom stereocenters. The second kappa shape index (κ2) is 11.1. The summed E-state index contributed by atoms with van der Waals surface area (Å²) in [4.78, 5) is 21.2. The Morgan fingerprint density at radius 3 is 2.80 bits per heavy atom. The van der Waals surface area contributed by atoms with E-state index in [1.54, 1.807) is 7.11 Å². The van der Waals surface area contributed by atoms with Crippen molar-refractivity contribution < 1.29 is 9.53 Å². The molecule has 1 amide bonds. The SMILES string of the molecule is CCNC(=NCc1ncc(C)c(OC)c1C)NCC1CC(=O)Nc2ccccc21.I. The summed E-state index contributed by atoms with van der Waals surface area (Å²) in [5.74, 6) is 1.71. The summed E-state index contributed by atoms with van der Waals surface area (Å²) in [6.45, 7) is 7.83. The number of methoxy groups -OCH3 is 1. The number of anilines is 1. The highest BCUT2D eigenvalue weighted by Gasteiger charge is 2.24. The van der Waals surface area contributed by atoms with E-state index in [1.807, 2.05) is 45.2 Å². The predicted molar refractivity (Wildman–Crippen MR) is 131 cm³/mol. The Morgan fingerprint density at radius 2 is 2.07 bits per heavy atom. The number of benzene rings is 1. The van der Waals surface area contributed by atoms with Gasteiger partial charge < -0.3 is 20.7 Å². The van der Waals surface area contributed by atoms with E-state index in [9.17, 15) is 4.79 Å². The van der Waals surface area contributed by atoms with Crippen molar-refractivity contribution in [3.8, 4) is 5.75 Å². The van der Waals surface area contributed by atoms with Crippen LogP contribution in [-0.4, -0.2) is 37.1 Å². The topological polar surface area (TPSA) is 87.6 Å². The van der Waals surface area contributed by atoms with Crippen LogP contribution in [0.25, 0.3) is 0 Å². The molecule has 3 rings (SSSR count). The number of hydrogen-bond acceptors (Lipinski definition) is 4. The molecule has 0 saturated heterocycles. The lowest BCUT2D eigenvalue weighted by Crippen LogP contribution is -2.40. The number of nitrogens with zero attached hydrogens (tertiary/aromatic N) is 2. The lowest BCUT2D eigenvalue weighted by Gasteiger charge is -2.26. The number of hydrogen-bond donors (Lipinski definition) is 3. The zero-order valence-corrected chi connectivity index (χ0v) is 20.2. The van der Waals surface area contributed by atoms with Crippen molar-refractivity contribution in [3.63, 3.8) is 0 Å². The number of halogens is 1. The van der Waals surface area contributed by atoms with Gasteiger partial charge in [-0.1, -0.05) is 18.2 Å². The Morgan fingerprint density at radius 1 is 1.30 bits per heavy atom. The van der Waals surface area contributed by atoms with Gasteiger partial charge in [0.2, 0.25) is 5.91 Å². The van der Waals surface area contributed by atoms with Crippen LogP contribution >= 0.6 is 24.0 Å². The summed E-state index contributed by atoms with van der Waals surface area (Å²) in [6, 6.07) is 7.95. The summed E-state index contributed by atoms with van der Waals surface area (Å²) in [5.41, 5.74) is 4.94. The van der Waals surface area contributed by atoms with E-state index in [2.05, 4.69) is 32.0 Å². The molecule has 1 aliphatic heterocycles. The number of carbonyl (C=O) groups is 1. The molecule has 0 fully saturated rings. The van der Waals surface area contributed by atoms with Crippen LogP contribution in [0.5, 0.6) is 5.75 Å². The fourth-order valence-corrected chi connectivity index (χ4v) is 3.63. The Hall–Kier alpha value is -2.36. The predicted octanol–water partition coefficient (Wildman–Crippen LogP) is 3.51. The average molecular weight is 523 g/mol. The number of pyridine rings is 1. The molecular weight excluding hydrogens is 493 g/mol. The highest BCUT2D eigenvalue weighted by atomic mass is 127. The van der Waals surface area contributed by atoms with Gasteiger partial charge in [-0.15, -0.1) is 24.0 Å². The molecule has 162 valence electrons. The summed E-state index contributed by atoms with van der Waals surface area (Å²) >= 11 is 0. The second-order valence-electron chi connectivity index (χ2n) is 7.16. The van der Waals surface area contributed by atoms with Crippen LogP contribution in [0.3, 0.4) is 0 Å². The fourth-order valence-electron chi connectivity index (χ4n) is 3.63. The van der Waals surface area contributed by atoms with Gasteiger partial charge in [0.25, 0.3) is 0 Å². The van der Waals surface area contributed by atoms with Crippen LogP contribution in [-0.2, 0) is 11.3 Å². The van der Waals surface area contributed by atoms with E-state index in [0.29, 0.717) is 25.5 Å². The number of fused-ring (bicyclic) bond motifs is 1. The number of aliphatic imine (C=N–C) groups is 1. The number of rotatable bonds is 6. The van der Waals surface area contributed by atoms with Crippen LogP contribution < -0.4 is 20.7 Å². The first kappa shape index (κ1) is 23.9. The second-order valence-corrected chi connectivity index (χ2v) is 7.16. The Bertz CT molecular complexity index is 916. The lowest BCUT2D eigenvalue weighted by molar-refractivity contribution is -0.116. The number of nitrogens with one attached hydrogen (secondary N) is 3. The maximum absolute atomic E-state index is 12.0. The molecule has 0 bridgehead atoms. The number of guanidine groups is 1. The van der Waals surface area contributed by atoms with Gasteiger partial charge in [-0.25, -0.2) is 4.99 Å². The maximum Gasteiger partial charge on any atom is 0.225 e. The quantitative estimate of drug-likeness (QED) is 0.307. The number of aromatic nitrogens is 1. The normalized spacial score (nSPS) is 15.5. The molecule has 1 atom stereocenters. The number of amides is 1. The minimum Gasteiger partial charge on any atom is -0.496 e. The van der Waals surface area contributed by atoms with E-state index in [1.165, 1.54) is 0 Å². The van der Waals surface area contributed by atoms with Crippen LogP contribution in [0.15, 0.2) is 35.5 Å². The number of carbonyl (C=O) groups excluding carboxylic acids is 1. The minimum atomic E-state index is 0. The molecule has 0 aliphatic carbocycles. The molecule has 0 spiro atoms. The van der Waals surface area contributed by atoms with Gasteiger partial charge in [-0.2, -0.15) is 0 Å². The zero-order chi connectivity index (χ0) is 20.8. The van der Waals surface area contributed by atoms with Crippen molar-refractivity contribution in [2.45, 2.75) is 39.7 Å². The van der Waals surface area contributed by atoms with Crippen molar-refractivity contribution in [2.24, 2.45) is 4.99 Å². The third kappa shape index (κ3) is 5.62. The summed E-state index contributed by atoms with van der Waals surface area (Å²) in [6.07, 6.45) is 2.27. The Balaban J connectivity index is 0.00000320.